The van der Waals surface area contributed by atoms with Crippen molar-refractivity contribution in [1.29, 1.82) is 0 Å². The summed E-state index contributed by atoms with van der Waals surface area (Å²) in [5.41, 5.74) is 2.21. The van der Waals surface area contributed by atoms with Crippen LogP contribution in [0.3, 0.4) is 0 Å². The van der Waals surface area contributed by atoms with Gasteiger partial charge in [0.15, 0.2) is 0 Å². The first kappa shape index (κ1) is 19.6. The van der Waals surface area contributed by atoms with Gasteiger partial charge in [-0.25, -0.2) is 18.0 Å². The number of hydrogen-bond donors (Lipinski definition) is 0. The SMILES string of the molecule is CC1CC(OC(=O)c2cccc(S(=O)(=O)N3CCc4ccccc4C3)c2)C(=O)O1. The molecule has 2 unspecified atom stereocenters. The molecule has 2 aliphatic heterocycles. The predicted octanol–water partition coefficient (Wildman–Crippen LogP) is 2.29. The maximum atomic E-state index is 13.1. The zero-order valence-corrected chi connectivity index (χ0v) is 16.7. The smallest absolute Gasteiger partial charge is 0.347 e. The molecule has 2 aromatic rings. The monoisotopic (exact) mass is 415 g/mol. The van der Waals surface area contributed by atoms with E-state index in [9.17, 15) is 18.0 Å². The van der Waals surface area contributed by atoms with E-state index in [1.807, 2.05) is 24.3 Å². The zero-order chi connectivity index (χ0) is 20.6. The molecule has 2 heterocycles. The number of nitrogens with zero attached hydrogens (tertiary/aromatic N) is 1. The van der Waals surface area contributed by atoms with Gasteiger partial charge in [0.1, 0.15) is 6.10 Å². The Morgan fingerprint density at radius 1 is 1.14 bits per heavy atom. The van der Waals surface area contributed by atoms with Gasteiger partial charge >= 0.3 is 11.9 Å². The van der Waals surface area contributed by atoms with E-state index >= 15 is 0 Å². The van der Waals surface area contributed by atoms with Gasteiger partial charge in [0.25, 0.3) is 0 Å². The second-order valence-corrected chi connectivity index (χ2v) is 9.20. The van der Waals surface area contributed by atoms with Crippen LogP contribution in [0, 0.1) is 0 Å². The molecule has 2 aliphatic rings. The summed E-state index contributed by atoms with van der Waals surface area (Å²) in [6.45, 7) is 2.38. The second-order valence-electron chi connectivity index (χ2n) is 7.26. The van der Waals surface area contributed by atoms with Crippen molar-refractivity contribution < 1.29 is 27.5 Å². The van der Waals surface area contributed by atoms with E-state index in [4.69, 9.17) is 9.47 Å². The number of carbonyl (C=O) groups excluding carboxylic acids is 2. The molecule has 0 saturated carbocycles. The van der Waals surface area contributed by atoms with Gasteiger partial charge in [-0.15, -0.1) is 0 Å². The molecular weight excluding hydrogens is 394 g/mol. The molecule has 0 aliphatic carbocycles. The van der Waals surface area contributed by atoms with Gasteiger partial charge in [0, 0.05) is 19.5 Å². The molecule has 0 spiro atoms. The lowest BCUT2D eigenvalue weighted by molar-refractivity contribution is -0.147. The Morgan fingerprint density at radius 3 is 2.62 bits per heavy atom. The Balaban J connectivity index is 1.53. The summed E-state index contributed by atoms with van der Waals surface area (Å²) in [5, 5.41) is 0. The highest BCUT2D eigenvalue weighted by atomic mass is 32.2. The van der Waals surface area contributed by atoms with E-state index in [0.717, 1.165) is 11.1 Å². The van der Waals surface area contributed by atoms with Gasteiger partial charge in [0.2, 0.25) is 16.1 Å². The number of ether oxygens (including phenoxy) is 2. The first-order valence-corrected chi connectivity index (χ1v) is 10.9. The molecule has 29 heavy (non-hydrogen) atoms. The van der Waals surface area contributed by atoms with Crippen LogP contribution in [-0.4, -0.2) is 43.4 Å². The van der Waals surface area contributed by atoms with Crippen molar-refractivity contribution in [2.24, 2.45) is 0 Å². The first-order valence-electron chi connectivity index (χ1n) is 9.43. The summed E-state index contributed by atoms with van der Waals surface area (Å²) in [4.78, 5) is 24.1. The Hall–Kier alpha value is -2.71. The van der Waals surface area contributed by atoms with Gasteiger partial charge in [-0.2, -0.15) is 4.31 Å². The number of carbonyl (C=O) groups is 2. The topological polar surface area (TPSA) is 90.0 Å². The highest BCUT2D eigenvalue weighted by molar-refractivity contribution is 7.89. The average molecular weight is 415 g/mol. The third-order valence-electron chi connectivity index (χ3n) is 5.18. The lowest BCUT2D eigenvalue weighted by atomic mass is 10.0. The Bertz CT molecular complexity index is 1060. The molecule has 0 radical (unpaired) electrons. The van der Waals surface area contributed by atoms with Crippen LogP contribution in [0.4, 0.5) is 0 Å². The highest BCUT2D eigenvalue weighted by Gasteiger charge is 2.35. The van der Waals surface area contributed by atoms with Gasteiger partial charge in [-0.1, -0.05) is 30.3 Å². The highest BCUT2D eigenvalue weighted by Crippen LogP contribution is 2.26. The van der Waals surface area contributed by atoms with Crippen molar-refractivity contribution in [2.75, 3.05) is 6.54 Å². The average Bonchev–Trinajstić information content (AvgIpc) is 3.04. The maximum Gasteiger partial charge on any atom is 0.347 e. The lowest BCUT2D eigenvalue weighted by Gasteiger charge is -2.28. The quantitative estimate of drug-likeness (QED) is 0.712. The van der Waals surface area contributed by atoms with Crippen molar-refractivity contribution in [3.8, 4) is 0 Å². The minimum Gasteiger partial charge on any atom is -0.460 e. The first-order chi connectivity index (χ1) is 13.8. The molecular formula is C21H21NO6S. The van der Waals surface area contributed by atoms with E-state index in [-0.39, 0.29) is 23.0 Å². The lowest BCUT2D eigenvalue weighted by Crippen LogP contribution is -2.36. The molecule has 0 amide bonds. The summed E-state index contributed by atoms with van der Waals surface area (Å²) >= 11 is 0. The summed E-state index contributed by atoms with van der Waals surface area (Å²) in [5.74, 6) is -1.33. The van der Waals surface area contributed by atoms with Crippen molar-refractivity contribution in [3.63, 3.8) is 0 Å². The van der Waals surface area contributed by atoms with E-state index in [2.05, 4.69) is 0 Å². The fraction of sp³-hybridized carbons (Fsp3) is 0.333. The van der Waals surface area contributed by atoms with Crippen molar-refractivity contribution >= 4 is 22.0 Å². The molecule has 0 bridgehead atoms. The van der Waals surface area contributed by atoms with Crippen LogP contribution in [0.15, 0.2) is 53.4 Å². The van der Waals surface area contributed by atoms with Crippen molar-refractivity contribution in [3.05, 3.63) is 65.2 Å². The zero-order valence-electron chi connectivity index (χ0n) is 15.9. The minimum absolute atomic E-state index is 0.0219. The molecule has 7 nitrogen and oxygen atoms in total. The summed E-state index contributed by atoms with van der Waals surface area (Å²) < 4.78 is 37.8. The number of sulfonamides is 1. The number of fused-ring (bicyclic) bond motifs is 1. The van der Waals surface area contributed by atoms with Crippen LogP contribution in [0.2, 0.25) is 0 Å². The molecule has 2 aromatic carbocycles. The minimum atomic E-state index is -3.77. The van der Waals surface area contributed by atoms with E-state index < -0.39 is 28.1 Å². The van der Waals surface area contributed by atoms with Crippen molar-refractivity contribution in [1.82, 2.24) is 4.31 Å². The van der Waals surface area contributed by atoms with Crippen LogP contribution in [0.1, 0.15) is 34.8 Å². The van der Waals surface area contributed by atoms with Gasteiger partial charge < -0.3 is 9.47 Å². The number of rotatable bonds is 4. The van der Waals surface area contributed by atoms with E-state index in [0.29, 0.717) is 19.5 Å². The predicted molar refractivity (Wildman–Crippen MR) is 104 cm³/mol. The number of hydrogen-bond acceptors (Lipinski definition) is 6. The van der Waals surface area contributed by atoms with E-state index in [1.54, 1.807) is 6.92 Å². The van der Waals surface area contributed by atoms with Gasteiger partial charge in [-0.05, 0) is 42.7 Å². The van der Waals surface area contributed by atoms with Crippen LogP contribution in [-0.2, 0) is 37.3 Å². The molecule has 2 atom stereocenters. The fourth-order valence-corrected chi connectivity index (χ4v) is 5.09. The van der Waals surface area contributed by atoms with Gasteiger partial charge in [-0.3, -0.25) is 0 Å². The molecule has 152 valence electrons. The Labute approximate surface area is 169 Å². The molecule has 8 heteroatoms. The maximum absolute atomic E-state index is 13.1. The summed E-state index contributed by atoms with van der Waals surface area (Å²) in [7, 11) is -3.77. The number of benzene rings is 2. The van der Waals surface area contributed by atoms with Gasteiger partial charge in [0.05, 0.1) is 10.5 Å². The number of esters is 2. The van der Waals surface area contributed by atoms with E-state index in [1.165, 1.54) is 28.6 Å². The van der Waals surface area contributed by atoms with Crippen LogP contribution in [0.25, 0.3) is 0 Å². The Kier molecular flexibility index (Phi) is 5.14. The second kappa shape index (κ2) is 7.61. The molecule has 4 rings (SSSR count). The van der Waals surface area contributed by atoms with Crippen LogP contribution in [0.5, 0.6) is 0 Å². The standard InChI is InChI=1S/C21H21NO6S/c1-14-11-19(21(24)27-14)28-20(23)16-7-4-8-18(12-16)29(25,26)22-10-9-15-5-2-3-6-17(15)13-22/h2-8,12,14,19H,9-11,13H2,1H3. The third-order valence-corrected chi connectivity index (χ3v) is 7.02. The van der Waals surface area contributed by atoms with Crippen LogP contribution >= 0.6 is 0 Å². The fourth-order valence-electron chi connectivity index (χ4n) is 3.62. The van der Waals surface area contributed by atoms with Crippen LogP contribution < -0.4 is 0 Å². The normalized spacial score (nSPS) is 22.0. The number of cyclic esters (lactones) is 1. The van der Waals surface area contributed by atoms with Crippen molar-refractivity contribution in [2.45, 2.75) is 43.4 Å². The summed E-state index contributed by atoms with van der Waals surface area (Å²) in [6, 6.07) is 13.5. The summed E-state index contributed by atoms with van der Waals surface area (Å²) in [6.07, 6.45) is -0.347. The third kappa shape index (κ3) is 3.90. The molecule has 1 saturated heterocycles. The molecule has 0 N–H and O–H groups in total. The molecule has 1 fully saturated rings. The Morgan fingerprint density at radius 2 is 1.90 bits per heavy atom. The largest absolute Gasteiger partial charge is 0.460 e. The molecule has 0 aromatic heterocycles.